The maximum absolute atomic E-state index is 14.0. The Kier molecular flexibility index (Phi) is 7.39. The second-order valence-electron chi connectivity index (χ2n) is 9.24. The number of nitrogens with zero attached hydrogens (tertiary/aromatic N) is 2. The fourth-order valence-corrected chi connectivity index (χ4v) is 4.99. The van der Waals surface area contributed by atoms with E-state index in [0.29, 0.717) is 37.2 Å². The van der Waals surface area contributed by atoms with E-state index in [1.54, 1.807) is 13.0 Å². The first kappa shape index (κ1) is 23.8. The summed E-state index contributed by atoms with van der Waals surface area (Å²) in [5, 5.41) is 0. The number of carbonyl (C=O) groups excluding carboxylic acids is 1. The van der Waals surface area contributed by atoms with Crippen molar-refractivity contribution in [3.05, 3.63) is 70.0 Å². The van der Waals surface area contributed by atoms with Gasteiger partial charge >= 0.3 is 0 Å². The molecule has 2 aromatic carbocycles. The van der Waals surface area contributed by atoms with E-state index in [1.165, 1.54) is 18.2 Å². The molecule has 0 bridgehead atoms. The molecule has 2 unspecified atom stereocenters. The highest BCUT2D eigenvalue weighted by Gasteiger charge is 2.34. The zero-order chi connectivity index (χ0) is 23.5. The number of rotatable bonds is 6. The molecule has 0 N–H and O–H groups in total. The first-order valence-electron chi connectivity index (χ1n) is 11.6. The summed E-state index contributed by atoms with van der Waals surface area (Å²) in [6, 6.07) is 6.84. The molecule has 0 aromatic heterocycles. The summed E-state index contributed by atoms with van der Waals surface area (Å²) in [7, 11) is 0. The van der Waals surface area contributed by atoms with Crippen LogP contribution in [0.3, 0.4) is 0 Å². The van der Waals surface area contributed by atoms with Crippen LogP contribution in [-0.2, 0) is 16.1 Å². The van der Waals surface area contributed by atoms with Gasteiger partial charge < -0.3 is 9.64 Å². The molecule has 7 heteroatoms. The Morgan fingerprint density at radius 3 is 2.52 bits per heavy atom. The third-order valence-corrected chi connectivity index (χ3v) is 6.96. The van der Waals surface area contributed by atoms with E-state index in [9.17, 15) is 18.0 Å². The molecule has 2 saturated heterocycles. The van der Waals surface area contributed by atoms with Gasteiger partial charge in [0.15, 0.2) is 0 Å². The van der Waals surface area contributed by atoms with Crippen LogP contribution in [0.1, 0.15) is 47.4 Å². The lowest BCUT2D eigenvalue weighted by atomic mass is 9.85. The minimum Gasteiger partial charge on any atom is -0.373 e. The molecule has 0 saturated carbocycles. The van der Waals surface area contributed by atoms with E-state index < -0.39 is 11.6 Å². The third kappa shape index (κ3) is 5.58. The lowest BCUT2D eigenvalue weighted by Gasteiger charge is -2.40. The van der Waals surface area contributed by atoms with Crippen LogP contribution < -0.4 is 0 Å². The van der Waals surface area contributed by atoms with Gasteiger partial charge in [0.2, 0.25) is 5.91 Å². The molecule has 33 heavy (non-hydrogen) atoms. The van der Waals surface area contributed by atoms with Gasteiger partial charge in [-0.2, -0.15) is 0 Å². The second kappa shape index (κ2) is 10.3. The molecular formula is C26H31F3N2O2. The lowest BCUT2D eigenvalue weighted by Crippen LogP contribution is -2.48. The summed E-state index contributed by atoms with van der Waals surface area (Å²) in [5.41, 5.74) is 2.57. The molecule has 2 aliphatic rings. The van der Waals surface area contributed by atoms with Crippen molar-refractivity contribution in [2.24, 2.45) is 0 Å². The fourth-order valence-electron chi connectivity index (χ4n) is 4.99. The van der Waals surface area contributed by atoms with E-state index in [1.807, 2.05) is 11.8 Å². The SMILES string of the molecule is Cc1cc(F)ccc1C1CN(C(=O)CN2CCCC2)CCC1OCc1cc(F)cc(F)c1C. The largest absolute Gasteiger partial charge is 0.373 e. The number of likely N-dealkylation sites (tertiary alicyclic amines) is 2. The van der Waals surface area contributed by atoms with Crippen molar-refractivity contribution in [2.75, 3.05) is 32.7 Å². The van der Waals surface area contributed by atoms with Gasteiger partial charge in [-0.3, -0.25) is 9.69 Å². The number of hydrogen-bond acceptors (Lipinski definition) is 3. The molecule has 4 rings (SSSR count). The van der Waals surface area contributed by atoms with Crippen LogP contribution in [0.2, 0.25) is 0 Å². The van der Waals surface area contributed by atoms with Crippen LogP contribution in [0.25, 0.3) is 0 Å². The van der Waals surface area contributed by atoms with Crippen LogP contribution in [-0.4, -0.2) is 54.5 Å². The minimum absolute atomic E-state index is 0.0731. The van der Waals surface area contributed by atoms with Crippen molar-refractivity contribution in [3.63, 3.8) is 0 Å². The van der Waals surface area contributed by atoms with Gasteiger partial charge in [0.1, 0.15) is 17.5 Å². The number of benzene rings is 2. The van der Waals surface area contributed by atoms with Crippen LogP contribution in [0, 0.1) is 31.3 Å². The molecule has 2 heterocycles. The number of carbonyl (C=O) groups is 1. The Labute approximate surface area is 193 Å². The predicted molar refractivity (Wildman–Crippen MR) is 120 cm³/mol. The maximum atomic E-state index is 14.0. The maximum Gasteiger partial charge on any atom is 0.236 e. The number of aryl methyl sites for hydroxylation is 1. The molecule has 1 amide bonds. The predicted octanol–water partition coefficient (Wildman–Crippen LogP) is 4.72. The average Bonchev–Trinajstić information content (AvgIpc) is 3.28. The van der Waals surface area contributed by atoms with E-state index in [2.05, 4.69) is 4.90 Å². The smallest absolute Gasteiger partial charge is 0.236 e. The molecule has 0 spiro atoms. The first-order valence-corrected chi connectivity index (χ1v) is 11.6. The van der Waals surface area contributed by atoms with Gasteiger partial charge in [0.05, 0.1) is 19.3 Å². The summed E-state index contributed by atoms with van der Waals surface area (Å²) < 4.78 is 47.7. The zero-order valence-corrected chi connectivity index (χ0v) is 19.3. The van der Waals surface area contributed by atoms with Gasteiger partial charge in [0.25, 0.3) is 0 Å². The number of ether oxygens (including phenoxy) is 1. The Balaban J connectivity index is 1.52. The second-order valence-corrected chi connectivity index (χ2v) is 9.24. The van der Waals surface area contributed by atoms with Crippen LogP contribution in [0.5, 0.6) is 0 Å². The molecule has 178 valence electrons. The molecule has 2 atom stereocenters. The molecule has 0 radical (unpaired) electrons. The number of hydrogen-bond donors (Lipinski definition) is 0. The van der Waals surface area contributed by atoms with Gasteiger partial charge in [-0.25, -0.2) is 13.2 Å². The first-order chi connectivity index (χ1) is 15.8. The van der Waals surface area contributed by atoms with Crippen molar-refractivity contribution in [3.8, 4) is 0 Å². The number of piperidine rings is 1. The molecule has 2 fully saturated rings. The summed E-state index contributed by atoms with van der Waals surface area (Å²) in [5.74, 6) is -1.59. The van der Waals surface area contributed by atoms with Gasteiger partial charge in [-0.05, 0) is 86.7 Å². The van der Waals surface area contributed by atoms with Gasteiger partial charge in [-0.15, -0.1) is 0 Å². The molecule has 2 aromatic rings. The van der Waals surface area contributed by atoms with Crippen LogP contribution in [0.4, 0.5) is 13.2 Å². The van der Waals surface area contributed by atoms with Crippen molar-refractivity contribution in [1.82, 2.24) is 9.80 Å². The monoisotopic (exact) mass is 460 g/mol. The van der Waals surface area contributed by atoms with Crippen LogP contribution >= 0.6 is 0 Å². The third-order valence-electron chi connectivity index (χ3n) is 6.96. The Morgan fingerprint density at radius 2 is 1.79 bits per heavy atom. The lowest BCUT2D eigenvalue weighted by molar-refractivity contribution is -0.135. The molecular weight excluding hydrogens is 429 g/mol. The highest BCUT2D eigenvalue weighted by molar-refractivity contribution is 5.78. The summed E-state index contributed by atoms with van der Waals surface area (Å²) >= 11 is 0. The summed E-state index contributed by atoms with van der Waals surface area (Å²) in [6.45, 7) is 6.89. The van der Waals surface area contributed by atoms with Crippen molar-refractivity contribution >= 4 is 5.91 Å². The van der Waals surface area contributed by atoms with Crippen molar-refractivity contribution in [1.29, 1.82) is 0 Å². The number of amides is 1. The Morgan fingerprint density at radius 1 is 1.03 bits per heavy atom. The van der Waals surface area contributed by atoms with E-state index in [0.717, 1.165) is 43.1 Å². The number of halogens is 3. The topological polar surface area (TPSA) is 32.8 Å². The van der Waals surface area contributed by atoms with Crippen molar-refractivity contribution < 1.29 is 22.7 Å². The van der Waals surface area contributed by atoms with E-state index in [-0.39, 0.29) is 30.4 Å². The summed E-state index contributed by atoms with van der Waals surface area (Å²) in [6.07, 6.45) is 2.60. The van der Waals surface area contributed by atoms with Crippen LogP contribution in [0.15, 0.2) is 30.3 Å². The highest BCUT2D eigenvalue weighted by Crippen LogP contribution is 2.33. The summed E-state index contributed by atoms with van der Waals surface area (Å²) in [4.78, 5) is 17.0. The minimum atomic E-state index is -0.634. The quantitative estimate of drug-likeness (QED) is 0.626. The fraction of sp³-hybridized carbons (Fsp3) is 0.500. The van der Waals surface area contributed by atoms with Crippen molar-refractivity contribution in [2.45, 2.75) is 51.7 Å². The average molecular weight is 461 g/mol. The Bertz CT molecular complexity index is 1010. The molecule has 2 aliphatic heterocycles. The zero-order valence-electron chi connectivity index (χ0n) is 19.3. The standard InChI is InChI=1S/C26H31F3N2O2/c1-17-11-20(27)5-6-22(17)23-14-31(26(32)15-30-8-3-4-9-30)10-7-25(23)33-16-19-12-21(28)13-24(29)18(19)2/h5-6,11-13,23,25H,3-4,7-10,14-16H2,1-2H3. The Hall–Kier alpha value is -2.38. The molecule has 4 nitrogen and oxygen atoms in total. The van der Waals surface area contributed by atoms with Gasteiger partial charge in [-0.1, -0.05) is 6.07 Å². The van der Waals surface area contributed by atoms with Gasteiger partial charge in [0, 0.05) is 25.1 Å². The normalized spacial score (nSPS) is 21.5. The van der Waals surface area contributed by atoms with E-state index in [4.69, 9.17) is 4.74 Å². The van der Waals surface area contributed by atoms with E-state index >= 15 is 0 Å². The highest BCUT2D eigenvalue weighted by atomic mass is 19.1. The molecule has 0 aliphatic carbocycles.